The van der Waals surface area contributed by atoms with E-state index in [-0.39, 0.29) is 5.56 Å². The summed E-state index contributed by atoms with van der Waals surface area (Å²) in [6.07, 6.45) is 5.75. The number of nitrogens with one attached hydrogen (secondary N) is 1. The zero-order valence-electron chi connectivity index (χ0n) is 14.7. The van der Waals surface area contributed by atoms with Crippen molar-refractivity contribution in [2.75, 3.05) is 0 Å². The Balaban J connectivity index is 1.84. The van der Waals surface area contributed by atoms with Gasteiger partial charge in [-0.3, -0.25) is 19.9 Å². The number of carbonyl (C=O) groups excluding carboxylic acids is 1. The quantitative estimate of drug-likeness (QED) is 0.399. The molecule has 1 atom stereocenters. The van der Waals surface area contributed by atoms with E-state index in [4.69, 9.17) is 0 Å². The highest BCUT2D eigenvalue weighted by Crippen LogP contribution is 2.23. The molecule has 1 heterocycles. The van der Waals surface area contributed by atoms with E-state index in [1.807, 2.05) is 30.3 Å². The molecule has 0 saturated heterocycles. The molecule has 0 aliphatic carbocycles. The average molecular weight is 377 g/mol. The molecule has 0 bridgehead atoms. The van der Waals surface area contributed by atoms with Crippen molar-refractivity contribution in [3.8, 4) is 0 Å². The Labute approximate surface area is 160 Å². The summed E-state index contributed by atoms with van der Waals surface area (Å²) in [6, 6.07) is 15.8. The van der Waals surface area contributed by atoms with Gasteiger partial charge in [0.2, 0.25) is 5.91 Å². The number of rotatable bonds is 6. The maximum Gasteiger partial charge on any atom is 0.279 e. The summed E-state index contributed by atoms with van der Waals surface area (Å²) >= 11 is 0. The Kier molecular flexibility index (Phi) is 5.86. The van der Waals surface area contributed by atoms with Crippen molar-refractivity contribution in [2.24, 2.45) is 0 Å². The van der Waals surface area contributed by atoms with E-state index >= 15 is 0 Å². The molecule has 28 heavy (non-hydrogen) atoms. The van der Waals surface area contributed by atoms with Gasteiger partial charge in [0.05, 0.1) is 22.6 Å². The van der Waals surface area contributed by atoms with Crippen molar-refractivity contribution in [1.29, 1.82) is 0 Å². The first-order valence-electron chi connectivity index (χ1n) is 8.42. The summed E-state index contributed by atoms with van der Waals surface area (Å²) in [7, 11) is 0. The van der Waals surface area contributed by atoms with Crippen LogP contribution in [0.15, 0.2) is 79.1 Å². The molecular formula is C21H16FN3O3. The molecule has 0 saturated carbocycles. The molecular weight excluding hydrogens is 361 g/mol. The fraction of sp³-hybridized carbons (Fsp3) is 0.0476. The van der Waals surface area contributed by atoms with E-state index in [9.17, 15) is 19.3 Å². The van der Waals surface area contributed by atoms with Crippen LogP contribution in [0, 0.1) is 15.9 Å². The van der Waals surface area contributed by atoms with Gasteiger partial charge in [-0.15, -0.1) is 0 Å². The summed E-state index contributed by atoms with van der Waals surface area (Å²) in [5.74, 6) is -1.15. The molecule has 3 aromatic rings. The Morgan fingerprint density at radius 2 is 1.75 bits per heavy atom. The van der Waals surface area contributed by atoms with E-state index in [1.165, 1.54) is 18.2 Å². The van der Waals surface area contributed by atoms with Crippen LogP contribution in [0.4, 0.5) is 10.1 Å². The van der Waals surface area contributed by atoms with Gasteiger partial charge in [-0.1, -0.05) is 30.3 Å². The van der Waals surface area contributed by atoms with Crippen molar-refractivity contribution in [2.45, 2.75) is 6.04 Å². The fourth-order valence-electron chi connectivity index (χ4n) is 2.73. The van der Waals surface area contributed by atoms with Gasteiger partial charge in [0.15, 0.2) is 0 Å². The third kappa shape index (κ3) is 4.64. The number of nitrogens with zero attached hydrogens (tertiary/aromatic N) is 2. The van der Waals surface area contributed by atoms with E-state index in [0.717, 1.165) is 23.3 Å². The summed E-state index contributed by atoms with van der Waals surface area (Å²) < 4.78 is 13.2. The molecule has 3 rings (SSSR count). The van der Waals surface area contributed by atoms with Crippen LogP contribution in [0.5, 0.6) is 0 Å². The number of amides is 1. The summed E-state index contributed by atoms with van der Waals surface area (Å²) in [5.41, 5.74) is 1.46. The van der Waals surface area contributed by atoms with Crippen molar-refractivity contribution in [3.63, 3.8) is 0 Å². The maximum atomic E-state index is 13.2. The molecule has 1 unspecified atom stereocenters. The molecule has 0 fully saturated rings. The van der Waals surface area contributed by atoms with Gasteiger partial charge in [-0.25, -0.2) is 4.39 Å². The second-order valence-corrected chi connectivity index (χ2v) is 5.93. The second-order valence-electron chi connectivity index (χ2n) is 5.93. The molecule has 0 radical (unpaired) electrons. The first kappa shape index (κ1) is 18.9. The Hall–Kier alpha value is -3.87. The number of halogens is 1. The largest absolute Gasteiger partial charge is 0.342 e. The Bertz CT molecular complexity index is 968. The first-order valence-corrected chi connectivity index (χ1v) is 8.42. The number of aromatic nitrogens is 1. The van der Waals surface area contributed by atoms with Gasteiger partial charge in [-0.2, -0.15) is 0 Å². The van der Waals surface area contributed by atoms with E-state index in [0.29, 0.717) is 0 Å². The maximum absolute atomic E-state index is 13.2. The Morgan fingerprint density at radius 3 is 2.43 bits per heavy atom. The number of pyridine rings is 1. The molecule has 7 heteroatoms. The monoisotopic (exact) mass is 377 g/mol. The second kappa shape index (κ2) is 8.68. The fourth-order valence-corrected chi connectivity index (χ4v) is 2.73. The van der Waals surface area contributed by atoms with Gasteiger partial charge >= 0.3 is 0 Å². The van der Waals surface area contributed by atoms with Crippen LogP contribution in [0.3, 0.4) is 0 Å². The topological polar surface area (TPSA) is 85.1 Å². The zero-order valence-corrected chi connectivity index (χ0v) is 14.7. The van der Waals surface area contributed by atoms with Crippen molar-refractivity contribution in [1.82, 2.24) is 10.3 Å². The third-order valence-corrected chi connectivity index (χ3v) is 4.06. The predicted molar refractivity (Wildman–Crippen MR) is 103 cm³/mol. The minimum atomic E-state index is -0.713. The van der Waals surface area contributed by atoms with Crippen LogP contribution in [0.25, 0.3) is 6.08 Å². The summed E-state index contributed by atoms with van der Waals surface area (Å²) in [4.78, 5) is 26.8. The van der Waals surface area contributed by atoms with Crippen LogP contribution in [-0.2, 0) is 4.79 Å². The minimum Gasteiger partial charge on any atom is -0.342 e. The smallest absolute Gasteiger partial charge is 0.279 e. The van der Waals surface area contributed by atoms with Crippen LogP contribution in [-0.4, -0.2) is 15.8 Å². The molecule has 0 aliphatic rings. The lowest BCUT2D eigenvalue weighted by molar-refractivity contribution is -0.385. The lowest BCUT2D eigenvalue weighted by Gasteiger charge is -2.18. The van der Waals surface area contributed by atoms with Crippen LogP contribution in [0.1, 0.15) is 22.7 Å². The number of nitro groups is 1. The normalized spacial score (nSPS) is 11.9. The van der Waals surface area contributed by atoms with Crippen LogP contribution < -0.4 is 5.32 Å². The zero-order chi connectivity index (χ0) is 19.9. The predicted octanol–water partition coefficient (Wildman–Crippen LogP) is 4.05. The highest BCUT2D eigenvalue weighted by molar-refractivity contribution is 5.92. The molecule has 1 aromatic heterocycles. The highest BCUT2D eigenvalue weighted by atomic mass is 19.1. The Morgan fingerprint density at radius 1 is 1.07 bits per heavy atom. The van der Waals surface area contributed by atoms with E-state index in [1.54, 1.807) is 24.5 Å². The van der Waals surface area contributed by atoms with Gasteiger partial charge in [0.25, 0.3) is 5.69 Å². The first-order chi connectivity index (χ1) is 13.5. The molecule has 0 aliphatic heterocycles. The van der Waals surface area contributed by atoms with E-state index < -0.39 is 28.4 Å². The van der Waals surface area contributed by atoms with Crippen molar-refractivity contribution >= 4 is 17.7 Å². The van der Waals surface area contributed by atoms with Crippen molar-refractivity contribution < 1.29 is 14.1 Å². The molecule has 2 aromatic carbocycles. The standard InChI is InChI=1S/C21H16FN3O3/c22-18-8-6-15(19(14-18)25(27)28)7-9-20(26)24-21(16-4-2-1-3-5-16)17-10-12-23-13-11-17/h1-14,21H,(H,24,26). The summed E-state index contributed by atoms with van der Waals surface area (Å²) in [6.45, 7) is 0. The molecule has 1 amide bonds. The number of hydrogen-bond donors (Lipinski definition) is 1. The SMILES string of the molecule is O=C(C=Cc1ccc(F)cc1[N+](=O)[O-])NC(c1ccccc1)c1ccncc1. The average Bonchev–Trinajstić information content (AvgIpc) is 2.72. The van der Waals surface area contributed by atoms with Gasteiger partial charge in [0.1, 0.15) is 5.82 Å². The number of hydrogen-bond acceptors (Lipinski definition) is 4. The third-order valence-electron chi connectivity index (χ3n) is 4.06. The number of carbonyl (C=O) groups is 1. The molecule has 1 N–H and O–H groups in total. The lowest BCUT2D eigenvalue weighted by Crippen LogP contribution is -2.27. The lowest BCUT2D eigenvalue weighted by atomic mass is 9.99. The van der Waals surface area contributed by atoms with Crippen LogP contribution >= 0.6 is 0 Å². The van der Waals surface area contributed by atoms with Gasteiger partial charge < -0.3 is 5.32 Å². The van der Waals surface area contributed by atoms with E-state index in [2.05, 4.69) is 10.3 Å². The number of nitro benzene ring substituents is 1. The highest BCUT2D eigenvalue weighted by Gasteiger charge is 2.16. The van der Waals surface area contributed by atoms with Gasteiger partial charge in [-0.05, 0) is 41.5 Å². The molecule has 140 valence electrons. The van der Waals surface area contributed by atoms with Crippen LogP contribution in [0.2, 0.25) is 0 Å². The molecule has 6 nitrogen and oxygen atoms in total. The summed E-state index contributed by atoms with van der Waals surface area (Å²) in [5, 5.41) is 13.9. The van der Waals surface area contributed by atoms with Crippen molar-refractivity contribution in [3.05, 3.63) is 112 Å². The molecule has 0 spiro atoms. The number of benzene rings is 2. The van der Waals surface area contributed by atoms with Gasteiger partial charge in [0, 0.05) is 18.5 Å². The minimum absolute atomic E-state index is 0.140.